The summed E-state index contributed by atoms with van der Waals surface area (Å²) >= 11 is 0. The number of rotatable bonds is 4. The summed E-state index contributed by atoms with van der Waals surface area (Å²) in [5.41, 5.74) is 1.13. The summed E-state index contributed by atoms with van der Waals surface area (Å²) in [4.78, 5) is 17.0. The maximum atomic E-state index is 11.5. The fourth-order valence-electron chi connectivity index (χ4n) is 1.25. The predicted molar refractivity (Wildman–Crippen MR) is 66.5 cm³/mol. The van der Waals surface area contributed by atoms with Gasteiger partial charge in [0.2, 0.25) is 5.91 Å². The zero-order valence-electron chi connectivity index (χ0n) is 9.80. The largest absolute Gasteiger partial charge is 0.347 e. The highest BCUT2D eigenvalue weighted by Gasteiger charge is 2.13. The molecular weight excluding hydrogens is 226 g/mol. The second-order valence-electron chi connectivity index (χ2n) is 3.69. The number of pyridine rings is 1. The van der Waals surface area contributed by atoms with Gasteiger partial charge in [0.25, 0.3) is 0 Å². The van der Waals surface area contributed by atoms with E-state index in [0.717, 1.165) is 5.56 Å². The van der Waals surface area contributed by atoms with Crippen LogP contribution in [-0.4, -0.2) is 35.9 Å². The van der Waals surface area contributed by atoms with E-state index in [2.05, 4.69) is 10.3 Å². The molecule has 5 heteroatoms. The number of amides is 1. The first kappa shape index (κ1) is 14.9. The molecule has 0 bridgehead atoms. The van der Waals surface area contributed by atoms with Crippen LogP contribution in [0.25, 0.3) is 0 Å². The van der Waals surface area contributed by atoms with Crippen LogP contribution in [-0.2, 0) is 11.3 Å². The quantitative estimate of drug-likeness (QED) is 0.861. The standard InChI is InChI=1S/C11H17N3O.ClH/c1-9(11(15)14(2)3)13-8-10-4-6-12-7-5-10;/h4-7,9,13H,8H2,1-3H3;1H/t9-;/m1./s1. The minimum absolute atomic E-state index is 0. The third kappa shape index (κ3) is 4.59. The van der Waals surface area contributed by atoms with Gasteiger partial charge < -0.3 is 10.2 Å². The molecule has 16 heavy (non-hydrogen) atoms. The summed E-state index contributed by atoms with van der Waals surface area (Å²) < 4.78 is 0. The third-order valence-corrected chi connectivity index (χ3v) is 2.17. The number of likely N-dealkylation sites (N-methyl/N-ethyl adjacent to an activating group) is 1. The molecule has 0 spiro atoms. The van der Waals surface area contributed by atoms with E-state index in [-0.39, 0.29) is 24.4 Å². The SMILES string of the molecule is C[C@@H](NCc1ccncc1)C(=O)N(C)C.Cl. The number of halogens is 1. The Kier molecular flexibility index (Phi) is 6.69. The van der Waals surface area contributed by atoms with E-state index in [1.807, 2.05) is 19.1 Å². The number of aromatic nitrogens is 1. The second-order valence-corrected chi connectivity index (χ2v) is 3.69. The number of carbonyl (C=O) groups is 1. The Balaban J connectivity index is 0.00000225. The molecule has 1 aromatic rings. The number of nitrogens with zero attached hydrogens (tertiary/aromatic N) is 2. The van der Waals surface area contributed by atoms with Crippen molar-refractivity contribution in [1.82, 2.24) is 15.2 Å². The monoisotopic (exact) mass is 243 g/mol. The zero-order valence-corrected chi connectivity index (χ0v) is 10.6. The molecule has 0 fully saturated rings. The number of carbonyl (C=O) groups excluding carboxylic acids is 1. The van der Waals surface area contributed by atoms with Crippen molar-refractivity contribution in [2.75, 3.05) is 14.1 Å². The van der Waals surface area contributed by atoms with Crippen LogP contribution in [0.5, 0.6) is 0 Å². The van der Waals surface area contributed by atoms with Gasteiger partial charge in [-0.25, -0.2) is 0 Å². The number of nitrogens with one attached hydrogen (secondary N) is 1. The molecule has 1 N–H and O–H groups in total. The first-order valence-electron chi connectivity index (χ1n) is 4.94. The van der Waals surface area contributed by atoms with Crippen LogP contribution in [0.4, 0.5) is 0 Å². The second kappa shape index (κ2) is 7.19. The Hall–Kier alpha value is -1.13. The van der Waals surface area contributed by atoms with Crippen LogP contribution >= 0.6 is 12.4 Å². The van der Waals surface area contributed by atoms with Gasteiger partial charge in [0.1, 0.15) is 0 Å². The Morgan fingerprint density at radius 2 is 2.00 bits per heavy atom. The molecular formula is C11H18ClN3O. The smallest absolute Gasteiger partial charge is 0.238 e. The van der Waals surface area contributed by atoms with Crippen molar-refractivity contribution in [2.45, 2.75) is 19.5 Å². The molecule has 90 valence electrons. The average Bonchev–Trinajstić information content (AvgIpc) is 2.26. The van der Waals surface area contributed by atoms with E-state index in [1.165, 1.54) is 0 Å². The molecule has 0 saturated carbocycles. The first-order valence-corrected chi connectivity index (χ1v) is 4.94. The van der Waals surface area contributed by atoms with E-state index in [0.29, 0.717) is 6.54 Å². The lowest BCUT2D eigenvalue weighted by atomic mass is 10.2. The number of hydrogen-bond acceptors (Lipinski definition) is 3. The third-order valence-electron chi connectivity index (χ3n) is 2.17. The highest BCUT2D eigenvalue weighted by Crippen LogP contribution is 1.97. The fraction of sp³-hybridized carbons (Fsp3) is 0.455. The van der Waals surface area contributed by atoms with Gasteiger partial charge in [-0.2, -0.15) is 0 Å². The minimum atomic E-state index is -0.159. The summed E-state index contributed by atoms with van der Waals surface area (Å²) in [5, 5.41) is 3.16. The minimum Gasteiger partial charge on any atom is -0.347 e. The van der Waals surface area contributed by atoms with Gasteiger partial charge in [-0.05, 0) is 24.6 Å². The van der Waals surface area contributed by atoms with Crippen molar-refractivity contribution in [3.8, 4) is 0 Å². The summed E-state index contributed by atoms with van der Waals surface area (Å²) in [6.45, 7) is 2.55. The fourth-order valence-corrected chi connectivity index (χ4v) is 1.25. The van der Waals surface area contributed by atoms with Crippen molar-refractivity contribution < 1.29 is 4.79 Å². The lowest BCUT2D eigenvalue weighted by molar-refractivity contribution is -0.130. The Labute approximate surface area is 102 Å². The van der Waals surface area contributed by atoms with E-state index in [1.54, 1.807) is 31.4 Å². The van der Waals surface area contributed by atoms with Gasteiger partial charge in [0.15, 0.2) is 0 Å². The molecule has 1 atom stereocenters. The van der Waals surface area contributed by atoms with Crippen molar-refractivity contribution in [3.63, 3.8) is 0 Å². The van der Waals surface area contributed by atoms with Gasteiger partial charge in [-0.15, -0.1) is 12.4 Å². The van der Waals surface area contributed by atoms with Gasteiger partial charge in [0, 0.05) is 33.0 Å². The van der Waals surface area contributed by atoms with Crippen LogP contribution in [0.15, 0.2) is 24.5 Å². The van der Waals surface area contributed by atoms with E-state index >= 15 is 0 Å². The molecule has 0 saturated heterocycles. The molecule has 1 amide bonds. The topological polar surface area (TPSA) is 45.2 Å². The summed E-state index contributed by atoms with van der Waals surface area (Å²) in [6.07, 6.45) is 3.49. The zero-order chi connectivity index (χ0) is 11.3. The number of hydrogen-bond donors (Lipinski definition) is 1. The van der Waals surface area contributed by atoms with Crippen LogP contribution in [0.1, 0.15) is 12.5 Å². The highest BCUT2D eigenvalue weighted by atomic mass is 35.5. The van der Waals surface area contributed by atoms with E-state index in [4.69, 9.17) is 0 Å². The molecule has 1 rings (SSSR count). The normalized spacial score (nSPS) is 11.4. The first-order chi connectivity index (χ1) is 7.11. The van der Waals surface area contributed by atoms with Gasteiger partial charge in [-0.3, -0.25) is 9.78 Å². The van der Waals surface area contributed by atoms with Gasteiger partial charge in [0.05, 0.1) is 6.04 Å². The van der Waals surface area contributed by atoms with Crippen LogP contribution < -0.4 is 5.32 Å². The summed E-state index contributed by atoms with van der Waals surface area (Å²) in [6, 6.07) is 3.70. The molecule has 0 aliphatic heterocycles. The van der Waals surface area contributed by atoms with Gasteiger partial charge in [-0.1, -0.05) is 0 Å². The lowest BCUT2D eigenvalue weighted by Crippen LogP contribution is -2.41. The van der Waals surface area contributed by atoms with Gasteiger partial charge >= 0.3 is 0 Å². The molecule has 1 heterocycles. The molecule has 1 aromatic heterocycles. The lowest BCUT2D eigenvalue weighted by Gasteiger charge is -2.17. The Morgan fingerprint density at radius 3 is 2.50 bits per heavy atom. The molecule has 0 aromatic carbocycles. The van der Waals surface area contributed by atoms with Crippen molar-refractivity contribution in [2.24, 2.45) is 0 Å². The van der Waals surface area contributed by atoms with E-state index in [9.17, 15) is 4.79 Å². The average molecular weight is 244 g/mol. The van der Waals surface area contributed by atoms with Crippen molar-refractivity contribution in [3.05, 3.63) is 30.1 Å². The van der Waals surface area contributed by atoms with Crippen LogP contribution in [0, 0.1) is 0 Å². The Bertz CT molecular complexity index is 316. The maximum absolute atomic E-state index is 11.5. The molecule has 0 aliphatic rings. The van der Waals surface area contributed by atoms with E-state index < -0.39 is 0 Å². The molecule has 0 unspecified atom stereocenters. The molecule has 0 aliphatic carbocycles. The Morgan fingerprint density at radius 1 is 1.44 bits per heavy atom. The molecule has 0 radical (unpaired) electrons. The van der Waals surface area contributed by atoms with Crippen molar-refractivity contribution >= 4 is 18.3 Å². The van der Waals surface area contributed by atoms with Crippen LogP contribution in [0.2, 0.25) is 0 Å². The van der Waals surface area contributed by atoms with Crippen LogP contribution in [0.3, 0.4) is 0 Å². The van der Waals surface area contributed by atoms with Crippen molar-refractivity contribution in [1.29, 1.82) is 0 Å². The summed E-state index contributed by atoms with van der Waals surface area (Å²) in [7, 11) is 3.51. The summed E-state index contributed by atoms with van der Waals surface area (Å²) in [5.74, 6) is 0.0871. The maximum Gasteiger partial charge on any atom is 0.238 e. The molecule has 4 nitrogen and oxygen atoms in total. The predicted octanol–water partition coefficient (Wildman–Crippen LogP) is 1.07. The highest BCUT2D eigenvalue weighted by molar-refractivity contribution is 5.85.